The van der Waals surface area contributed by atoms with Gasteiger partial charge in [0.25, 0.3) is 0 Å². The van der Waals surface area contributed by atoms with Crippen molar-refractivity contribution in [3.63, 3.8) is 0 Å². The SMILES string of the molecule is NCC1CCCCC1COc1ncc(Br)cc1Cl. The molecule has 2 rings (SSSR count). The maximum Gasteiger partial charge on any atom is 0.232 e. The van der Waals surface area contributed by atoms with Crippen molar-refractivity contribution < 1.29 is 4.74 Å². The molecule has 18 heavy (non-hydrogen) atoms. The molecule has 3 nitrogen and oxygen atoms in total. The molecular weight excluding hydrogens is 316 g/mol. The van der Waals surface area contributed by atoms with Gasteiger partial charge in [0, 0.05) is 10.7 Å². The van der Waals surface area contributed by atoms with Gasteiger partial charge in [-0.2, -0.15) is 0 Å². The molecule has 0 bridgehead atoms. The highest BCUT2D eigenvalue weighted by atomic mass is 79.9. The fourth-order valence-corrected chi connectivity index (χ4v) is 3.19. The summed E-state index contributed by atoms with van der Waals surface area (Å²) in [6, 6.07) is 1.80. The first-order chi connectivity index (χ1) is 8.70. The zero-order valence-corrected chi connectivity index (χ0v) is 12.6. The van der Waals surface area contributed by atoms with Crippen molar-refractivity contribution in [2.75, 3.05) is 13.2 Å². The molecule has 5 heteroatoms. The van der Waals surface area contributed by atoms with Crippen molar-refractivity contribution in [3.05, 3.63) is 21.8 Å². The van der Waals surface area contributed by atoms with Crippen LogP contribution in [0.25, 0.3) is 0 Å². The van der Waals surface area contributed by atoms with Gasteiger partial charge in [-0.25, -0.2) is 4.98 Å². The van der Waals surface area contributed by atoms with Crippen LogP contribution in [0.2, 0.25) is 5.02 Å². The van der Waals surface area contributed by atoms with Crippen molar-refractivity contribution in [1.82, 2.24) is 4.98 Å². The van der Waals surface area contributed by atoms with E-state index in [1.165, 1.54) is 25.7 Å². The van der Waals surface area contributed by atoms with Gasteiger partial charge in [0.2, 0.25) is 5.88 Å². The number of nitrogens with two attached hydrogens (primary N) is 1. The summed E-state index contributed by atoms with van der Waals surface area (Å²) in [4.78, 5) is 4.18. The molecule has 0 saturated heterocycles. The van der Waals surface area contributed by atoms with Crippen LogP contribution in [-0.2, 0) is 0 Å². The number of ether oxygens (including phenoxy) is 1. The van der Waals surface area contributed by atoms with E-state index in [4.69, 9.17) is 22.1 Å². The molecular formula is C13H18BrClN2O. The monoisotopic (exact) mass is 332 g/mol. The number of rotatable bonds is 4. The molecule has 1 fully saturated rings. The number of pyridine rings is 1. The van der Waals surface area contributed by atoms with Crippen LogP contribution in [0.3, 0.4) is 0 Å². The zero-order chi connectivity index (χ0) is 13.0. The standard InChI is InChI=1S/C13H18BrClN2O/c14-11-5-12(15)13(17-7-11)18-8-10-4-2-1-3-9(10)6-16/h5,7,9-10H,1-4,6,8,16H2. The van der Waals surface area contributed by atoms with E-state index in [-0.39, 0.29) is 0 Å². The lowest BCUT2D eigenvalue weighted by Crippen LogP contribution is -2.30. The van der Waals surface area contributed by atoms with Crippen molar-refractivity contribution in [2.45, 2.75) is 25.7 Å². The van der Waals surface area contributed by atoms with Gasteiger partial charge < -0.3 is 10.5 Å². The number of nitrogens with zero attached hydrogens (tertiary/aromatic N) is 1. The van der Waals surface area contributed by atoms with Gasteiger partial charge in [0.1, 0.15) is 5.02 Å². The Morgan fingerprint density at radius 3 is 2.78 bits per heavy atom. The highest BCUT2D eigenvalue weighted by Gasteiger charge is 2.24. The van der Waals surface area contributed by atoms with E-state index in [1.54, 1.807) is 12.3 Å². The molecule has 2 N–H and O–H groups in total. The van der Waals surface area contributed by atoms with E-state index >= 15 is 0 Å². The maximum absolute atomic E-state index is 6.08. The highest BCUT2D eigenvalue weighted by molar-refractivity contribution is 9.10. The van der Waals surface area contributed by atoms with Crippen LogP contribution in [0, 0.1) is 11.8 Å². The molecule has 1 aromatic rings. The normalized spacial score (nSPS) is 23.9. The molecule has 1 aromatic heterocycles. The van der Waals surface area contributed by atoms with Crippen molar-refractivity contribution >= 4 is 27.5 Å². The van der Waals surface area contributed by atoms with Crippen molar-refractivity contribution in [3.8, 4) is 5.88 Å². The zero-order valence-electron chi connectivity index (χ0n) is 10.2. The molecule has 1 saturated carbocycles. The fraction of sp³-hybridized carbons (Fsp3) is 0.615. The molecule has 0 aliphatic heterocycles. The van der Waals surface area contributed by atoms with Gasteiger partial charge in [-0.3, -0.25) is 0 Å². The molecule has 1 aliphatic carbocycles. The Kier molecular flexibility index (Phi) is 5.27. The average Bonchev–Trinajstić information content (AvgIpc) is 2.38. The Balaban J connectivity index is 1.93. The minimum atomic E-state index is 0.515. The van der Waals surface area contributed by atoms with Crippen LogP contribution in [-0.4, -0.2) is 18.1 Å². The Bertz CT molecular complexity index is 403. The van der Waals surface area contributed by atoms with Crippen LogP contribution in [0.5, 0.6) is 5.88 Å². The van der Waals surface area contributed by atoms with Crippen LogP contribution in [0.4, 0.5) is 0 Å². The Morgan fingerprint density at radius 1 is 1.39 bits per heavy atom. The predicted octanol–water partition coefficient (Wildman–Crippen LogP) is 3.64. The first-order valence-corrected chi connectivity index (χ1v) is 7.51. The molecule has 0 radical (unpaired) electrons. The second kappa shape index (κ2) is 6.73. The molecule has 0 aromatic carbocycles. The Labute approximate surface area is 121 Å². The molecule has 100 valence electrons. The largest absolute Gasteiger partial charge is 0.476 e. The van der Waals surface area contributed by atoms with E-state index in [1.807, 2.05) is 0 Å². The van der Waals surface area contributed by atoms with Gasteiger partial charge in [-0.1, -0.05) is 24.4 Å². The number of aromatic nitrogens is 1. The molecule has 2 atom stereocenters. The van der Waals surface area contributed by atoms with Crippen molar-refractivity contribution in [2.24, 2.45) is 17.6 Å². The molecule has 0 amide bonds. The van der Waals surface area contributed by atoms with E-state index in [0.717, 1.165) is 11.0 Å². The minimum absolute atomic E-state index is 0.515. The average molecular weight is 334 g/mol. The van der Waals surface area contributed by atoms with Crippen molar-refractivity contribution in [1.29, 1.82) is 0 Å². The van der Waals surface area contributed by atoms with Gasteiger partial charge in [-0.15, -0.1) is 0 Å². The Morgan fingerprint density at radius 2 is 2.11 bits per heavy atom. The number of halogens is 2. The minimum Gasteiger partial charge on any atom is -0.476 e. The molecule has 1 aliphatic rings. The lowest BCUT2D eigenvalue weighted by atomic mass is 9.80. The predicted molar refractivity (Wildman–Crippen MR) is 76.9 cm³/mol. The number of hydrogen-bond acceptors (Lipinski definition) is 3. The van der Waals surface area contributed by atoms with Gasteiger partial charge in [-0.05, 0) is 53.2 Å². The van der Waals surface area contributed by atoms with Crippen LogP contribution >= 0.6 is 27.5 Å². The third kappa shape index (κ3) is 3.59. The second-order valence-corrected chi connectivity index (χ2v) is 6.11. The summed E-state index contributed by atoms with van der Waals surface area (Å²) in [7, 11) is 0. The van der Waals surface area contributed by atoms with Gasteiger partial charge in [0.05, 0.1) is 6.61 Å². The lowest BCUT2D eigenvalue weighted by Gasteiger charge is -2.30. The second-order valence-electron chi connectivity index (χ2n) is 4.79. The first-order valence-electron chi connectivity index (χ1n) is 6.34. The molecule has 2 unspecified atom stereocenters. The summed E-state index contributed by atoms with van der Waals surface area (Å²) in [6.45, 7) is 1.41. The van der Waals surface area contributed by atoms with Gasteiger partial charge >= 0.3 is 0 Å². The third-order valence-electron chi connectivity index (χ3n) is 3.58. The maximum atomic E-state index is 6.08. The lowest BCUT2D eigenvalue weighted by molar-refractivity contribution is 0.149. The quantitative estimate of drug-likeness (QED) is 0.915. The van der Waals surface area contributed by atoms with E-state index in [0.29, 0.717) is 29.3 Å². The fourth-order valence-electron chi connectivity index (χ4n) is 2.51. The highest BCUT2D eigenvalue weighted by Crippen LogP contribution is 2.31. The van der Waals surface area contributed by atoms with E-state index in [9.17, 15) is 0 Å². The van der Waals surface area contributed by atoms with E-state index < -0.39 is 0 Å². The Hall–Kier alpha value is -0.320. The number of hydrogen-bond donors (Lipinski definition) is 1. The molecule has 0 spiro atoms. The van der Waals surface area contributed by atoms with Gasteiger partial charge in [0.15, 0.2) is 0 Å². The van der Waals surface area contributed by atoms with E-state index in [2.05, 4.69) is 20.9 Å². The smallest absolute Gasteiger partial charge is 0.232 e. The molecule has 1 heterocycles. The third-order valence-corrected chi connectivity index (χ3v) is 4.28. The van der Waals surface area contributed by atoms with Crippen LogP contribution in [0.15, 0.2) is 16.7 Å². The van der Waals surface area contributed by atoms with Crippen LogP contribution in [0.1, 0.15) is 25.7 Å². The summed E-state index contributed by atoms with van der Waals surface area (Å²) in [5, 5.41) is 0.546. The summed E-state index contributed by atoms with van der Waals surface area (Å²) < 4.78 is 6.60. The summed E-state index contributed by atoms with van der Waals surface area (Å²) in [6.07, 6.45) is 6.66. The topological polar surface area (TPSA) is 48.1 Å². The first kappa shape index (κ1) is 14.1. The van der Waals surface area contributed by atoms with Crippen LogP contribution < -0.4 is 10.5 Å². The summed E-state index contributed by atoms with van der Waals surface area (Å²) >= 11 is 9.40. The summed E-state index contributed by atoms with van der Waals surface area (Å²) in [5.74, 6) is 1.62. The summed E-state index contributed by atoms with van der Waals surface area (Å²) in [5.41, 5.74) is 5.81.